The zero-order valence-electron chi connectivity index (χ0n) is 16.7. The van der Waals surface area contributed by atoms with Crippen molar-refractivity contribution in [3.05, 3.63) is 35.4 Å². The summed E-state index contributed by atoms with van der Waals surface area (Å²) < 4.78 is 5.93. The minimum Gasteiger partial charge on any atom is -0.480 e. The van der Waals surface area contributed by atoms with E-state index in [1.54, 1.807) is 17.0 Å². The molecule has 28 heavy (non-hydrogen) atoms. The minimum atomic E-state index is -1.07. The minimum absolute atomic E-state index is 0.0348. The van der Waals surface area contributed by atoms with Crippen LogP contribution >= 0.6 is 0 Å². The van der Waals surface area contributed by atoms with E-state index in [0.717, 1.165) is 5.56 Å². The van der Waals surface area contributed by atoms with Crippen molar-refractivity contribution in [2.75, 3.05) is 19.7 Å². The summed E-state index contributed by atoms with van der Waals surface area (Å²) in [5.74, 6) is -1.04. The highest BCUT2D eigenvalue weighted by molar-refractivity contribution is 5.97. The van der Waals surface area contributed by atoms with Gasteiger partial charge in [-0.15, -0.1) is 0 Å². The van der Waals surface area contributed by atoms with Crippen LogP contribution in [0.25, 0.3) is 0 Å². The number of hydrogen-bond acceptors (Lipinski definition) is 4. The van der Waals surface area contributed by atoms with Crippen molar-refractivity contribution in [2.45, 2.75) is 51.8 Å². The predicted molar refractivity (Wildman–Crippen MR) is 103 cm³/mol. The molecule has 1 spiro atoms. The van der Waals surface area contributed by atoms with Gasteiger partial charge in [0.1, 0.15) is 5.72 Å². The lowest BCUT2D eigenvalue weighted by atomic mass is 9.96. The Labute approximate surface area is 165 Å². The second-order valence-corrected chi connectivity index (χ2v) is 8.13. The standard InChI is InChI=1S/C21H28N2O5/c1-14(2)12-18(24)22-10-8-21(9-11-22)23(17(13-28-21)20(26)27)19(25)16-6-4-15(3)5-7-16/h4-7,14,17H,8-13H2,1-3H3,(H,26,27)/t17-/m0/s1. The van der Waals surface area contributed by atoms with E-state index in [-0.39, 0.29) is 24.3 Å². The first-order valence-corrected chi connectivity index (χ1v) is 9.78. The normalized spacial score (nSPS) is 21.4. The van der Waals surface area contributed by atoms with Gasteiger partial charge in [0.25, 0.3) is 5.91 Å². The summed E-state index contributed by atoms with van der Waals surface area (Å²) in [7, 11) is 0. The lowest BCUT2D eigenvalue weighted by molar-refractivity contribution is -0.148. The maximum Gasteiger partial charge on any atom is 0.328 e. The van der Waals surface area contributed by atoms with Crippen molar-refractivity contribution in [1.82, 2.24) is 9.80 Å². The second-order valence-electron chi connectivity index (χ2n) is 8.13. The highest BCUT2D eigenvalue weighted by Crippen LogP contribution is 2.38. The maximum absolute atomic E-state index is 13.2. The molecule has 3 rings (SSSR count). The van der Waals surface area contributed by atoms with E-state index in [2.05, 4.69) is 0 Å². The molecule has 0 saturated carbocycles. The van der Waals surface area contributed by atoms with Gasteiger partial charge in [0.2, 0.25) is 5.91 Å². The fraction of sp³-hybridized carbons (Fsp3) is 0.571. The molecule has 2 amide bonds. The monoisotopic (exact) mass is 388 g/mol. The van der Waals surface area contributed by atoms with Crippen LogP contribution < -0.4 is 0 Å². The van der Waals surface area contributed by atoms with E-state index in [1.807, 2.05) is 32.9 Å². The van der Waals surface area contributed by atoms with Gasteiger partial charge < -0.3 is 14.7 Å². The van der Waals surface area contributed by atoms with E-state index in [4.69, 9.17) is 4.74 Å². The smallest absolute Gasteiger partial charge is 0.328 e. The first-order valence-electron chi connectivity index (χ1n) is 9.78. The average molecular weight is 388 g/mol. The number of likely N-dealkylation sites (tertiary alicyclic amines) is 1. The molecule has 2 saturated heterocycles. The van der Waals surface area contributed by atoms with Crippen LogP contribution in [0.2, 0.25) is 0 Å². The molecule has 1 aromatic rings. The second kappa shape index (κ2) is 7.91. The Morgan fingerprint density at radius 3 is 2.32 bits per heavy atom. The number of aryl methyl sites for hydroxylation is 1. The third-order valence-electron chi connectivity index (χ3n) is 5.54. The molecule has 2 aliphatic heterocycles. The number of carbonyl (C=O) groups is 3. The summed E-state index contributed by atoms with van der Waals surface area (Å²) in [6.45, 7) is 6.81. The number of rotatable bonds is 4. The molecule has 0 aliphatic carbocycles. The van der Waals surface area contributed by atoms with Crippen molar-refractivity contribution in [3.8, 4) is 0 Å². The maximum atomic E-state index is 13.2. The number of ether oxygens (including phenoxy) is 1. The number of nitrogens with zero attached hydrogens (tertiary/aromatic N) is 2. The summed E-state index contributed by atoms with van der Waals surface area (Å²) in [6, 6.07) is 6.07. The average Bonchev–Trinajstić information content (AvgIpc) is 3.00. The highest BCUT2D eigenvalue weighted by Gasteiger charge is 2.54. The van der Waals surface area contributed by atoms with Gasteiger partial charge >= 0.3 is 5.97 Å². The molecular formula is C21H28N2O5. The van der Waals surface area contributed by atoms with E-state index in [1.165, 1.54) is 4.90 Å². The molecule has 1 atom stereocenters. The SMILES string of the molecule is Cc1ccc(C(=O)N2[C@H](C(=O)O)COC23CCN(C(=O)CC(C)C)CC3)cc1. The largest absolute Gasteiger partial charge is 0.480 e. The van der Waals surface area contributed by atoms with Crippen molar-refractivity contribution in [3.63, 3.8) is 0 Å². The molecule has 0 radical (unpaired) electrons. The summed E-state index contributed by atoms with van der Waals surface area (Å²) in [5, 5.41) is 9.64. The fourth-order valence-electron chi connectivity index (χ4n) is 3.97. The summed E-state index contributed by atoms with van der Waals surface area (Å²) in [6.07, 6.45) is 1.31. The molecule has 152 valence electrons. The van der Waals surface area contributed by atoms with Crippen LogP contribution in [0.5, 0.6) is 0 Å². The third-order valence-corrected chi connectivity index (χ3v) is 5.54. The molecule has 7 nitrogen and oxygen atoms in total. The molecule has 2 fully saturated rings. The fourth-order valence-corrected chi connectivity index (χ4v) is 3.97. The number of carboxylic acid groups (broad SMARTS) is 1. The Bertz CT molecular complexity index is 751. The molecule has 0 unspecified atom stereocenters. The number of amides is 2. The van der Waals surface area contributed by atoms with Crippen LogP contribution in [0.1, 0.15) is 49.0 Å². The number of carbonyl (C=O) groups excluding carboxylic acids is 2. The van der Waals surface area contributed by atoms with Gasteiger partial charge in [-0.2, -0.15) is 0 Å². The molecular weight excluding hydrogens is 360 g/mol. The first-order chi connectivity index (χ1) is 13.2. The molecule has 1 aromatic carbocycles. The Balaban J connectivity index is 1.81. The lowest BCUT2D eigenvalue weighted by Crippen LogP contribution is -2.58. The Hall–Kier alpha value is -2.41. The van der Waals surface area contributed by atoms with Gasteiger partial charge in [-0.25, -0.2) is 4.79 Å². The zero-order chi connectivity index (χ0) is 20.5. The molecule has 7 heteroatoms. The Morgan fingerprint density at radius 2 is 1.79 bits per heavy atom. The number of hydrogen-bond donors (Lipinski definition) is 1. The van der Waals surface area contributed by atoms with Gasteiger partial charge in [-0.1, -0.05) is 31.5 Å². The van der Waals surface area contributed by atoms with E-state index < -0.39 is 17.7 Å². The van der Waals surface area contributed by atoms with Gasteiger partial charge in [0.05, 0.1) is 6.61 Å². The van der Waals surface area contributed by atoms with Crippen LogP contribution in [0.3, 0.4) is 0 Å². The molecule has 2 aliphatic rings. The van der Waals surface area contributed by atoms with Crippen molar-refractivity contribution >= 4 is 17.8 Å². The van der Waals surface area contributed by atoms with Gasteiger partial charge in [0, 0.05) is 37.9 Å². The topological polar surface area (TPSA) is 87.2 Å². The van der Waals surface area contributed by atoms with Crippen LogP contribution in [-0.4, -0.2) is 64.2 Å². The van der Waals surface area contributed by atoms with Gasteiger partial charge in [-0.05, 0) is 25.0 Å². The number of benzene rings is 1. The van der Waals surface area contributed by atoms with Gasteiger partial charge in [-0.3, -0.25) is 14.5 Å². The third kappa shape index (κ3) is 3.90. The van der Waals surface area contributed by atoms with Crippen molar-refractivity contribution < 1.29 is 24.2 Å². The summed E-state index contributed by atoms with van der Waals surface area (Å²) in [4.78, 5) is 40.5. The number of carboxylic acids is 1. The summed E-state index contributed by atoms with van der Waals surface area (Å²) in [5.41, 5.74) is 0.496. The Morgan fingerprint density at radius 1 is 1.18 bits per heavy atom. The van der Waals surface area contributed by atoms with E-state index >= 15 is 0 Å². The zero-order valence-corrected chi connectivity index (χ0v) is 16.7. The number of aliphatic carboxylic acids is 1. The predicted octanol–water partition coefficient (Wildman–Crippen LogP) is 2.29. The lowest BCUT2D eigenvalue weighted by Gasteiger charge is -2.44. The molecule has 0 aromatic heterocycles. The van der Waals surface area contributed by atoms with Crippen LogP contribution in [0.15, 0.2) is 24.3 Å². The Kier molecular flexibility index (Phi) is 5.74. The van der Waals surface area contributed by atoms with Crippen LogP contribution in [0.4, 0.5) is 0 Å². The molecule has 2 heterocycles. The van der Waals surface area contributed by atoms with Crippen molar-refractivity contribution in [2.24, 2.45) is 5.92 Å². The van der Waals surface area contributed by atoms with E-state index in [0.29, 0.717) is 37.9 Å². The molecule has 1 N–H and O–H groups in total. The summed E-state index contributed by atoms with van der Waals surface area (Å²) >= 11 is 0. The van der Waals surface area contributed by atoms with Crippen LogP contribution in [0, 0.1) is 12.8 Å². The van der Waals surface area contributed by atoms with Crippen LogP contribution in [-0.2, 0) is 14.3 Å². The quantitative estimate of drug-likeness (QED) is 0.855. The van der Waals surface area contributed by atoms with E-state index in [9.17, 15) is 19.5 Å². The van der Waals surface area contributed by atoms with Gasteiger partial charge in [0.15, 0.2) is 6.04 Å². The number of piperidine rings is 1. The highest BCUT2D eigenvalue weighted by atomic mass is 16.5. The first kappa shape index (κ1) is 20.3. The van der Waals surface area contributed by atoms with Crippen molar-refractivity contribution in [1.29, 1.82) is 0 Å². The molecule has 0 bridgehead atoms.